The van der Waals surface area contributed by atoms with Crippen LogP contribution in [-0.4, -0.2) is 19.4 Å². The molecule has 0 heterocycles. The van der Waals surface area contributed by atoms with Crippen LogP contribution in [0.5, 0.6) is 0 Å². The second kappa shape index (κ2) is 3.56. The maximum absolute atomic E-state index is 11.5. The van der Waals surface area contributed by atoms with Crippen LogP contribution in [0.3, 0.4) is 0 Å². The van der Waals surface area contributed by atoms with Crippen molar-refractivity contribution >= 4 is 5.78 Å². The largest absolute Gasteiger partial charge is 0.313 e. The van der Waals surface area contributed by atoms with E-state index in [9.17, 15) is 4.79 Å². The molecule has 12 heavy (non-hydrogen) atoms. The topological polar surface area (TPSA) is 29.1 Å². The van der Waals surface area contributed by atoms with Crippen molar-refractivity contribution < 1.29 is 4.79 Å². The first-order valence-electron chi connectivity index (χ1n) is 4.72. The number of ketones is 1. The molecule has 1 N–H and O–H groups in total. The number of hydrogen-bond donors (Lipinski definition) is 1. The molecule has 2 nitrogen and oxygen atoms in total. The zero-order valence-corrected chi connectivity index (χ0v) is 8.31. The lowest BCUT2D eigenvalue weighted by molar-refractivity contribution is -0.121. The van der Waals surface area contributed by atoms with Gasteiger partial charge in [0.2, 0.25) is 0 Å². The normalized spacial score (nSPS) is 27.4. The lowest BCUT2D eigenvalue weighted by Crippen LogP contribution is -2.25. The van der Waals surface area contributed by atoms with Crippen molar-refractivity contribution in [3.8, 4) is 0 Å². The zero-order chi connectivity index (χ0) is 9.19. The third-order valence-electron chi connectivity index (χ3n) is 2.77. The van der Waals surface area contributed by atoms with Crippen molar-refractivity contribution in [3.63, 3.8) is 0 Å². The van der Waals surface area contributed by atoms with Gasteiger partial charge in [-0.15, -0.1) is 0 Å². The molecular weight excluding hydrogens is 150 g/mol. The molecule has 0 aliphatic heterocycles. The van der Waals surface area contributed by atoms with Gasteiger partial charge in [0.25, 0.3) is 0 Å². The van der Waals surface area contributed by atoms with Crippen LogP contribution in [-0.2, 0) is 4.79 Å². The van der Waals surface area contributed by atoms with Crippen LogP contribution >= 0.6 is 0 Å². The van der Waals surface area contributed by atoms with Gasteiger partial charge in [-0.1, -0.05) is 13.8 Å². The average molecular weight is 169 g/mol. The van der Waals surface area contributed by atoms with Crippen LogP contribution in [0.2, 0.25) is 0 Å². The van der Waals surface area contributed by atoms with Crippen LogP contribution in [0.25, 0.3) is 0 Å². The molecule has 1 aliphatic carbocycles. The first-order chi connectivity index (χ1) is 5.55. The summed E-state index contributed by atoms with van der Waals surface area (Å²) in [5.41, 5.74) is 0.397. The Hall–Kier alpha value is -0.370. The summed E-state index contributed by atoms with van der Waals surface area (Å²) >= 11 is 0. The van der Waals surface area contributed by atoms with Gasteiger partial charge in [0, 0.05) is 5.92 Å². The minimum atomic E-state index is 0.326. The van der Waals surface area contributed by atoms with E-state index in [1.165, 1.54) is 6.42 Å². The van der Waals surface area contributed by atoms with Crippen LogP contribution in [0.15, 0.2) is 0 Å². The molecule has 1 unspecified atom stereocenters. The van der Waals surface area contributed by atoms with Gasteiger partial charge in [-0.05, 0) is 31.7 Å². The number of rotatable bonds is 3. The van der Waals surface area contributed by atoms with E-state index >= 15 is 0 Å². The van der Waals surface area contributed by atoms with Gasteiger partial charge in [-0.25, -0.2) is 0 Å². The molecule has 1 fully saturated rings. The standard InChI is InChI=1S/C10H19NO/c1-10(2)5-4-8(6-10)9(12)7-11-3/h8,11H,4-7H2,1-3H3. The summed E-state index contributed by atoms with van der Waals surface area (Å²) in [4.78, 5) is 11.5. The van der Waals surface area contributed by atoms with Gasteiger partial charge in [0.1, 0.15) is 5.78 Å². The summed E-state index contributed by atoms with van der Waals surface area (Å²) in [6.07, 6.45) is 3.37. The van der Waals surface area contributed by atoms with Crippen LogP contribution in [0.4, 0.5) is 0 Å². The Bertz CT molecular complexity index is 175. The fourth-order valence-electron chi connectivity index (χ4n) is 2.03. The minimum absolute atomic E-state index is 0.326. The molecular formula is C10H19NO. The number of Topliss-reactive ketones (excluding diaryl/α,β-unsaturated/α-hetero) is 1. The summed E-state index contributed by atoms with van der Waals surface area (Å²) in [6, 6.07) is 0. The highest BCUT2D eigenvalue weighted by Crippen LogP contribution is 2.40. The van der Waals surface area contributed by atoms with Gasteiger partial charge in [0.15, 0.2) is 0 Å². The fraction of sp³-hybridized carbons (Fsp3) is 0.900. The maximum atomic E-state index is 11.5. The second-order valence-corrected chi connectivity index (χ2v) is 4.60. The first-order valence-corrected chi connectivity index (χ1v) is 4.72. The Labute approximate surface area is 74.7 Å². The van der Waals surface area contributed by atoms with E-state index in [0.717, 1.165) is 12.8 Å². The molecule has 1 aliphatic rings. The summed E-state index contributed by atoms with van der Waals surface area (Å²) < 4.78 is 0. The number of carbonyl (C=O) groups excluding carboxylic acids is 1. The average Bonchev–Trinajstić information content (AvgIpc) is 2.31. The third kappa shape index (κ3) is 2.31. The predicted molar refractivity (Wildman–Crippen MR) is 50.1 cm³/mol. The molecule has 0 aromatic carbocycles. The zero-order valence-electron chi connectivity index (χ0n) is 8.31. The van der Waals surface area contributed by atoms with Gasteiger partial charge < -0.3 is 5.32 Å². The Balaban J connectivity index is 2.41. The summed E-state index contributed by atoms with van der Waals surface area (Å²) in [7, 11) is 1.83. The molecule has 0 radical (unpaired) electrons. The molecule has 1 rings (SSSR count). The van der Waals surface area contributed by atoms with Crippen molar-refractivity contribution in [1.29, 1.82) is 0 Å². The second-order valence-electron chi connectivity index (χ2n) is 4.60. The highest BCUT2D eigenvalue weighted by molar-refractivity contribution is 5.83. The van der Waals surface area contributed by atoms with Gasteiger partial charge in [-0.3, -0.25) is 4.79 Å². The molecule has 0 amide bonds. The van der Waals surface area contributed by atoms with Crippen LogP contribution in [0.1, 0.15) is 33.1 Å². The molecule has 0 bridgehead atoms. The number of nitrogens with one attached hydrogen (secondary N) is 1. The fourth-order valence-corrected chi connectivity index (χ4v) is 2.03. The Morgan fingerprint density at radius 3 is 2.67 bits per heavy atom. The monoisotopic (exact) mass is 169 g/mol. The van der Waals surface area contributed by atoms with Gasteiger partial charge in [-0.2, -0.15) is 0 Å². The van der Waals surface area contributed by atoms with Crippen molar-refractivity contribution in [3.05, 3.63) is 0 Å². The molecule has 0 saturated heterocycles. The molecule has 0 aromatic rings. The van der Waals surface area contributed by atoms with E-state index in [-0.39, 0.29) is 0 Å². The smallest absolute Gasteiger partial charge is 0.149 e. The molecule has 0 aromatic heterocycles. The predicted octanol–water partition coefficient (Wildman–Crippen LogP) is 1.60. The Kier molecular flexibility index (Phi) is 2.89. The van der Waals surface area contributed by atoms with Gasteiger partial charge in [0.05, 0.1) is 6.54 Å². The van der Waals surface area contributed by atoms with E-state index in [0.29, 0.717) is 23.7 Å². The van der Waals surface area contributed by atoms with Crippen molar-refractivity contribution in [1.82, 2.24) is 5.32 Å². The summed E-state index contributed by atoms with van der Waals surface area (Å²) in [5.74, 6) is 0.718. The van der Waals surface area contributed by atoms with Crippen molar-refractivity contribution in [2.45, 2.75) is 33.1 Å². The Morgan fingerprint density at radius 2 is 2.25 bits per heavy atom. The van der Waals surface area contributed by atoms with E-state index in [2.05, 4.69) is 19.2 Å². The van der Waals surface area contributed by atoms with E-state index in [1.807, 2.05) is 7.05 Å². The van der Waals surface area contributed by atoms with Crippen molar-refractivity contribution in [2.75, 3.05) is 13.6 Å². The SMILES string of the molecule is CNCC(=O)C1CCC(C)(C)C1. The minimum Gasteiger partial charge on any atom is -0.313 e. The van der Waals surface area contributed by atoms with Gasteiger partial charge >= 0.3 is 0 Å². The third-order valence-corrected chi connectivity index (χ3v) is 2.77. The van der Waals surface area contributed by atoms with Crippen LogP contribution in [0, 0.1) is 11.3 Å². The molecule has 70 valence electrons. The van der Waals surface area contributed by atoms with Crippen LogP contribution < -0.4 is 5.32 Å². The maximum Gasteiger partial charge on any atom is 0.149 e. The lowest BCUT2D eigenvalue weighted by Gasteiger charge is -2.16. The van der Waals surface area contributed by atoms with E-state index in [1.54, 1.807) is 0 Å². The highest BCUT2D eigenvalue weighted by Gasteiger charge is 2.34. The summed E-state index contributed by atoms with van der Waals surface area (Å²) in [6.45, 7) is 5.04. The molecule has 1 saturated carbocycles. The van der Waals surface area contributed by atoms with E-state index in [4.69, 9.17) is 0 Å². The Morgan fingerprint density at radius 1 is 1.58 bits per heavy atom. The number of hydrogen-bond acceptors (Lipinski definition) is 2. The highest BCUT2D eigenvalue weighted by atomic mass is 16.1. The number of likely N-dealkylation sites (N-methyl/N-ethyl adjacent to an activating group) is 1. The lowest BCUT2D eigenvalue weighted by atomic mass is 9.89. The summed E-state index contributed by atoms with van der Waals surface area (Å²) in [5, 5.41) is 2.92. The van der Waals surface area contributed by atoms with E-state index < -0.39 is 0 Å². The number of carbonyl (C=O) groups is 1. The molecule has 0 spiro atoms. The van der Waals surface area contributed by atoms with Crippen molar-refractivity contribution in [2.24, 2.45) is 11.3 Å². The molecule has 2 heteroatoms. The first kappa shape index (κ1) is 9.72. The molecule has 1 atom stereocenters. The quantitative estimate of drug-likeness (QED) is 0.695.